The van der Waals surface area contributed by atoms with Gasteiger partial charge in [-0.3, -0.25) is 9.48 Å². The third-order valence-electron chi connectivity index (χ3n) is 5.11. The largest absolute Gasteiger partial charge is 0.475 e. The first-order chi connectivity index (χ1) is 14.4. The molecule has 0 spiro atoms. The molecule has 4 rings (SSSR count). The molecule has 0 aliphatic heterocycles. The molecule has 3 aromatic rings. The first kappa shape index (κ1) is 20.2. The van der Waals surface area contributed by atoms with Crippen molar-refractivity contribution in [1.29, 1.82) is 0 Å². The van der Waals surface area contributed by atoms with Gasteiger partial charge in [-0.15, -0.1) is 0 Å². The van der Waals surface area contributed by atoms with E-state index in [9.17, 15) is 13.6 Å². The number of aromatic nitrogens is 5. The van der Waals surface area contributed by atoms with Crippen LogP contribution in [0.2, 0.25) is 0 Å². The molecule has 1 aliphatic rings. The number of nitrogens with one attached hydrogen (secondary N) is 1. The zero-order valence-corrected chi connectivity index (χ0v) is 16.9. The average molecular weight is 418 g/mol. The SMILES string of the molecule is CC(C)Oc1ccn2ncc(C(=O)Nc3cn(C4CCCCC4)nc3C(F)F)c2n1. The van der Waals surface area contributed by atoms with Gasteiger partial charge in [-0.2, -0.15) is 15.2 Å². The Morgan fingerprint density at radius 2 is 2.03 bits per heavy atom. The van der Waals surface area contributed by atoms with Crippen LogP contribution in [0.15, 0.2) is 24.7 Å². The summed E-state index contributed by atoms with van der Waals surface area (Å²) >= 11 is 0. The molecular formula is C20H24F2N6O2. The molecule has 8 nitrogen and oxygen atoms in total. The van der Waals surface area contributed by atoms with Crippen molar-refractivity contribution >= 4 is 17.2 Å². The first-order valence-corrected chi connectivity index (χ1v) is 10.1. The third-order valence-corrected chi connectivity index (χ3v) is 5.11. The van der Waals surface area contributed by atoms with E-state index in [0.717, 1.165) is 32.1 Å². The second kappa shape index (κ2) is 8.37. The van der Waals surface area contributed by atoms with Gasteiger partial charge in [0.15, 0.2) is 11.3 Å². The van der Waals surface area contributed by atoms with Crippen LogP contribution in [0.3, 0.4) is 0 Å². The van der Waals surface area contributed by atoms with Crippen molar-refractivity contribution in [2.24, 2.45) is 0 Å². The number of alkyl halides is 2. The Balaban J connectivity index is 1.61. The lowest BCUT2D eigenvalue weighted by molar-refractivity contribution is 0.102. The molecule has 3 heterocycles. The molecule has 1 fully saturated rings. The monoisotopic (exact) mass is 418 g/mol. The average Bonchev–Trinajstić information content (AvgIpc) is 3.32. The van der Waals surface area contributed by atoms with Crippen LogP contribution in [0.5, 0.6) is 5.88 Å². The smallest absolute Gasteiger partial charge is 0.284 e. The maximum absolute atomic E-state index is 13.6. The van der Waals surface area contributed by atoms with Crippen molar-refractivity contribution in [1.82, 2.24) is 24.4 Å². The van der Waals surface area contributed by atoms with Gasteiger partial charge in [0.05, 0.1) is 24.0 Å². The van der Waals surface area contributed by atoms with Crippen LogP contribution in [-0.4, -0.2) is 36.4 Å². The van der Waals surface area contributed by atoms with E-state index < -0.39 is 18.0 Å². The Morgan fingerprint density at radius 1 is 1.27 bits per heavy atom. The molecule has 0 radical (unpaired) electrons. The highest BCUT2D eigenvalue weighted by molar-refractivity contribution is 6.08. The molecule has 1 saturated carbocycles. The number of rotatable bonds is 6. The Kier molecular flexibility index (Phi) is 5.65. The fraction of sp³-hybridized carbons (Fsp3) is 0.500. The lowest BCUT2D eigenvalue weighted by Crippen LogP contribution is -2.14. The molecule has 1 aliphatic carbocycles. The van der Waals surface area contributed by atoms with E-state index in [-0.39, 0.29) is 29.0 Å². The van der Waals surface area contributed by atoms with Crippen LogP contribution in [0.25, 0.3) is 5.65 Å². The van der Waals surface area contributed by atoms with Gasteiger partial charge in [0.2, 0.25) is 5.88 Å². The van der Waals surface area contributed by atoms with E-state index in [1.165, 1.54) is 16.9 Å². The molecule has 1 amide bonds. The fourth-order valence-electron chi connectivity index (χ4n) is 3.70. The standard InChI is InChI=1S/C20H24F2N6O2/c1-12(2)30-16-8-9-27-19(25-16)14(10-23-27)20(29)24-15-11-28(26-17(15)18(21)22)13-6-4-3-5-7-13/h8-13,18H,3-7H2,1-2H3,(H,24,29). The van der Waals surface area contributed by atoms with Gasteiger partial charge in [-0.1, -0.05) is 19.3 Å². The Morgan fingerprint density at radius 3 is 2.73 bits per heavy atom. The number of ether oxygens (including phenoxy) is 1. The summed E-state index contributed by atoms with van der Waals surface area (Å²) < 4.78 is 35.7. The minimum absolute atomic E-state index is 0.00880. The number of halogens is 2. The summed E-state index contributed by atoms with van der Waals surface area (Å²) in [6, 6.07) is 1.72. The van der Waals surface area contributed by atoms with Gasteiger partial charge in [0.25, 0.3) is 12.3 Å². The number of carbonyl (C=O) groups excluding carboxylic acids is 1. The molecule has 0 unspecified atom stereocenters. The van der Waals surface area contributed by atoms with Crippen LogP contribution < -0.4 is 10.1 Å². The Labute approximate surface area is 172 Å². The summed E-state index contributed by atoms with van der Waals surface area (Å²) in [7, 11) is 0. The maximum atomic E-state index is 13.6. The molecule has 160 valence electrons. The van der Waals surface area contributed by atoms with Crippen molar-refractivity contribution in [2.45, 2.75) is 64.5 Å². The van der Waals surface area contributed by atoms with Crippen molar-refractivity contribution < 1.29 is 18.3 Å². The summed E-state index contributed by atoms with van der Waals surface area (Å²) in [6.45, 7) is 3.73. The highest BCUT2D eigenvalue weighted by Crippen LogP contribution is 2.32. The van der Waals surface area contributed by atoms with E-state index in [1.807, 2.05) is 13.8 Å². The summed E-state index contributed by atoms with van der Waals surface area (Å²) in [5.74, 6) is -0.227. The molecule has 0 atom stereocenters. The van der Waals surface area contributed by atoms with Crippen molar-refractivity contribution in [3.05, 3.63) is 35.9 Å². The molecule has 1 N–H and O–H groups in total. The number of fused-ring (bicyclic) bond motifs is 1. The third kappa shape index (κ3) is 4.12. The zero-order valence-electron chi connectivity index (χ0n) is 16.9. The summed E-state index contributed by atoms with van der Waals surface area (Å²) in [6.07, 6.45) is 6.64. The van der Waals surface area contributed by atoms with Gasteiger partial charge in [0.1, 0.15) is 5.56 Å². The number of hydrogen-bond acceptors (Lipinski definition) is 5. The molecule has 0 aromatic carbocycles. The van der Waals surface area contributed by atoms with Crippen LogP contribution in [0.1, 0.15) is 74.5 Å². The number of hydrogen-bond donors (Lipinski definition) is 1. The molecule has 3 aromatic heterocycles. The van der Waals surface area contributed by atoms with Crippen molar-refractivity contribution in [3.8, 4) is 5.88 Å². The van der Waals surface area contributed by atoms with Gasteiger partial charge in [-0.25, -0.2) is 13.3 Å². The van der Waals surface area contributed by atoms with E-state index in [0.29, 0.717) is 5.88 Å². The van der Waals surface area contributed by atoms with Crippen LogP contribution >= 0.6 is 0 Å². The second-order valence-corrected chi connectivity index (χ2v) is 7.71. The topological polar surface area (TPSA) is 86.3 Å². The lowest BCUT2D eigenvalue weighted by Gasteiger charge is -2.21. The predicted octanol–water partition coefficient (Wildman–Crippen LogP) is 4.41. The van der Waals surface area contributed by atoms with E-state index in [1.54, 1.807) is 16.9 Å². The summed E-state index contributed by atoms with van der Waals surface area (Å²) in [5.41, 5.74) is 0.0236. The first-order valence-electron chi connectivity index (χ1n) is 10.1. The summed E-state index contributed by atoms with van der Waals surface area (Å²) in [5, 5.41) is 10.7. The van der Waals surface area contributed by atoms with E-state index in [4.69, 9.17) is 4.74 Å². The number of anilines is 1. The van der Waals surface area contributed by atoms with Crippen molar-refractivity contribution in [3.63, 3.8) is 0 Å². The molecule has 30 heavy (non-hydrogen) atoms. The predicted molar refractivity (Wildman–Crippen MR) is 106 cm³/mol. The minimum atomic E-state index is -2.79. The fourth-order valence-corrected chi connectivity index (χ4v) is 3.70. The zero-order chi connectivity index (χ0) is 21.3. The number of carbonyl (C=O) groups is 1. The number of nitrogens with zero attached hydrogens (tertiary/aromatic N) is 5. The van der Waals surface area contributed by atoms with Crippen LogP contribution in [-0.2, 0) is 0 Å². The molecule has 0 bridgehead atoms. The molecule has 0 saturated heterocycles. The van der Waals surface area contributed by atoms with Gasteiger partial charge >= 0.3 is 0 Å². The number of amides is 1. The highest BCUT2D eigenvalue weighted by Gasteiger charge is 2.25. The lowest BCUT2D eigenvalue weighted by atomic mass is 9.96. The van der Waals surface area contributed by atoms with E-state index in [2.05, 4.69) is 20.5 Å². The van der Waals surface area contributed by atoms with Gasteiger partial charge in [0, 0.05) is 18.5 Å². The van der Waals surface area contributed by atoms with Gasteiger partial charge < -0.3 is 10.1 Å². The minimum Gasteiger partial charge on any atom is -0.475 e. The van der Waals surface area contributed by atoms with Crippen LogP contribution in [0, 0.1) is 0 Å². The Bertz CT molecular complexity index is 1040. The van der Waals surface area contributed by atoms with Gasteiger partial charge in [-0.05, 0) is 26.7 Å². The normalized spacial score (nSPS) is 15.3. The molecule has 10 heteroatoms. The molecular weight excluding hydrogens is 394 g/mol. The summed E-state index contributed by atoms with van der Waals surface area (Å²) in [4.78, 5) is 17.2. The maximum Gasteiger partial charge on any atom is 0.284 e. The van der Waals surface area contributed by atoms with E-state index >= 15 is 0 Å². The second-order valence-electron chi connectivity index (χ2n) is 7.71. The Hall–Kier alpha value is -3.04. The van der Waals surface area contributed by atoms with Crippen LogP contribution in [0.4, 0.5) is 14.5 Å². The highest BCUT2D eigenvalue weighted by atomic mass is 19.3. The quantitative estimate of drug-likeness (QED) is 0.641. The van der Waals surface area contributed by atoms with Crippen molar-refractivity contribution in [2.75, 3.05) is 5.32 Å².